The summed E-state index contributed by atoms with van der Waals surface area (Å²) in [4.78, 5) is 1.50. The summed E-state index contributed by atoms with van der Waals surface area (Å²) < 4.78 is 0. The SMILES string of the molecule is CCCNC(CCCC(C)C)c1cccs1. The van der Waals surface area contributed by atoms with Crippen LogP contribution in [0.25, 0.3) is 0 Å². The predicted octanol–water partition coefficient (Wildman–Crippen LogP) is 4.62. The summed E-state index contributed by atoms with van der Waals surface area (Å²) in [7, 11) is 0. The minimum atomic E-state index is 0.582. The van der Waals surface area contributed by atoms with Crippen LogP contribution in [0.4, 0.5) is 0 Å². The minimum Gasteiger partial charge on any atom is -0.309 e. The van der Waals surface area contributed by atoms with Gasteiger partial charge >= 0.3 is 0 Å². The molecular formula is C14H25NS. The molecule has 0 saturated heterocycles. The Labute approximate surface area is 104 Å². The molecule has 92 valence electrons. The van der Waals surface area contributed by atoms with Crippen molar-refractivity contribution in [3.8, 4) is 0 Å². The van der Waals surface area contributed by atoms with Crippen LogP contribution in [-0.4, -0.2) is 6.54 Å². The second-order valence-electron chi connectivity index (χ2n) is 4.85. The van der Waals surface area contributed by atoms with Crippen LogP contribution in [0.15, 0.2) is 17.5 Å². The van der Waals surface area contributed by atoms with Crippen LogP contribution in [0.3, 0.4) is 0 Å². The number of hydrogen-bond donors (Lipinski definition) is 1. The first-order valence-electron chi connectivity index (χ1n) is 6.50. The number of nitrogens with one attached hydrogen (secondary N) is 1. The minimum absolute atomic E-state index is 0.582. The van der Waals surface area contributed by atoms with Gasteiger partial charge in [-0.05, 0) is 36.8 Å². The van der Waals surface area contributed by atoms with E-state index in [1.54, 1.807) is 0 Å². The first-order chi connectivity index (χ1) is 7.74. The van der Waals surface area contributed by atoms with E-state index in [0.717, 1.165) is 12.5 Å². The van der Waals surface area contributed by atoms with Crippen molar-refractivity contribution in [1.29, 1.82) is 0 Å². The smallest absolute Gasteiger partial charge is 0.0414 e. The molecule has 1 rings (SSSR count). The molecule has 1 aromatic heterocycles. The first-order valence-corrected chi connectivity index (χ1v) is 7.38. The molecule has 1 unspecified atom stereocenters. The van der Waals surface area contributed by atoms with E-state index in [-0.39, 0.29) is 0 Å². The Morgan fingerprint density at radius 3 is 2.69 bits per heavy atom. The van der Waals surface area contributed by atoms with Gasteiger partial charge in [-0.3, -0.25) is 0 Å². The molecule has 16 heavy (non-hydrogen) atoms. The number of rotatable bonds is 8. The van der Waals surface area contributed by atoms with Crippen molar-refractivity contribution in [3.05, 3.63) is 22.4 Å². The van der Waals surface area contributed by atoms with Crippen molar-refractivity contribution >= 4 is 11.3 Å². The maximum absolute atomic E-state index is 3.66. The van der Waals surface area contributed by atoms with Crippen LogP contribution in [0.1, 0.15) is 57.4 Å². The molecule has 0 radical (unpaired) electrons. The summed E-state index contributed by atoms with van der Waals surface area (Å²) in [6.07, 6.45) is 5.16. The molecule has 1 atom stereocenters. The standard InChI is InChI=1S/C14H25NS/c1-4-10-15-13(8-5-7-12(2)3)14-9-6-11-16-14/h6,9,11-13,15H,4-5,7-8,10H2,1-3H3. The van der Waals surface area contributed by atoms with Crippen LogP contribution in [0.5, 0.6) is 0 Å². The van der Waals surface area contributed by atoms with E-state index in [9.17, 15) is 0 Å². The lowest BCUT2D eigenvalue weighted by Crippen LogP contribution is -2.21. The molecule has 0 fully saturated rings. The molecule has 0 aliphatic carbocycles. The topological polar surface area (TPSA) is 12.0 Å². The molecule has 0 bridgehead atoms. The number of hydrogen-bond acceptors (Lipinski definition) is 2. The Morgan fingerprint density at radius 2 is 2.12 bits per heavy atom. The highest BCUT2D eigenvalue weighted by atomic mass is 32.1. The zero-order valence-corrected chi connectivity index (χ0v) is 11.6. The molecule has 0 aliphatic rings. The van der Waals surface area contributed by atoms with Crippen molar-refractivity contribution < 1.29 is 0 Å². The lowest BCUT2D eigenvalue weighted by atomic mass is 10.0. The summed E-state index contributed by atoms with van der Waals surface area (Å²) in [6, 6.07) is 5.00. The summed E-state index contributed by atoms with van der Waals surface area (Å²) in [6.45, 7) is 7.97. The summed E-state index contributed by atoms with van der Waals surface area (Å²) in [5, 5.41) is 5.83. The van der Waals surface area contributed by atoms with Crippen molar-refractivity contribution in [2.24, 2.45) is 5.92 Å². The van der Waals surface area contributed by atoms with E-state index < -0.39 is 0 Å². The van der Waals surface area contributed by atoms with Crippen LogP contribution in [0.2, 0.25) is 0 Å². The van der Waals surface area contributed by atoms with Gasteiger partial charge in [0.2, 0.25) is 0 Å². The highest BCUT2D eigenvalue weighted by Gasteiger charge is 2.11. The Hall–Kier alpha value is -0.340. The number of thiophene rings is 1. The third-order valence-electron chi connectivity index (χ3n) is 2.80. The average Bonchev–Trinajstić information content (AvgIpc) is 2.75. The van der Waals surface area contributed by atoms with E-state index in [0.29, 0.717) is 6.04 Å². The monoisotopic (exact) mass is 239 g/mol. The molecule has 0 aliphatic heterocycles. The summed E-state index contributed by atoms with van der Waals surface area (Å²) >= 11 is 1.88. The van der Waals surface area contributed by atoms with E-state index in [4.69, 9.17) is 0 Å². The molecule has 0 amide bonds. The Kier molecular flexibility index (Phi) is 6.74. The Balaban J connectivity index is 2.38. The molecule has 2 heteroatoms. The molecule has 1 nitrogen and oxygen atoms in total. The molecule has 1 heterocycles. The zero-order chi connectivity index (χ0) is 11.8. The molecular weight excluding hydrogens is 214 g/mol. The fraction of sp³-hybridized carbons (Fsp3) is 0.714. The van der Waals surface area contributed by atoms with E-state index in [1.165, 1.54) is 30.6 Å². The van der Waals surface area contributed by atoms with Gasteiger partial charge in [-0.1, -0.05) is 39.7 Å². The van der Waals surface area contributed by atoms with E-state index in [2.05, 4.69) is 43.6 Å². The highest BCUT2D eigenvalue weighted by molar-refractivity contribution is 7.10. The maximum atomic E-state index is 3.66. The van der Waals surface area contributed by atoms with Gasteiger partial charge in [0.25, 0.3) is 0 Å². The summed E-state index contributed by atoms with van der Waals surface area (Å²) in [5.74, 6) is 0.829. The average molecular weight is 239 g/mol. The highest BCUT2D eigenvalue weighted by Crippen LogP contribution is 2.24. The van der Waals surface area contributed by atoms with Crippen molar-refractivity contribution in [1.82, 2.24) is 5.32 Å². The predicted molar refractivity (Wildman–Crippen MR) is 74.0 cm³/mol. The van der Waals surface area contributed by atoms with Crippen molar-refractivity contribution in [2.45, 2.75) is 52.5 Å². The van der Waals surface area contributed by atoms with Gasteiger partial charge in [0, 0.05) is 10.9 Å². The van der Waals surface area contributed by atoms with Gasteiger partial charge in [-0.25, -0.2) is 0 Å². The third-order valence-corrected chi connectivity index (χ3v) is 3.79. The van der Waals surface area contributed by atoms with Crippen molar-refractivity contribution in [2.75, 3.05) is 6.54 Å². The zero-order valence-electron chi connectivity index (χ0n) is 10.8. The fourth-order valence-corrected chi connectivity index (χ4v) is 2.72. The molecule has 0 aromatic carbocycles. The summed E-state index contributed by atoms with van der Waals surface area (Å²) in [5.41, 5.74) is 0. The van der Waals surface area contributed by atoms with Gasteiger partial charge in [0.05, 0.1) is 0 Å². The lowest BCUT2D eigenvalue weighted by molar-refractivity contribution is 0.452. The Morgan fingerprint density at radius 1 is 1.31 bits per heavy atom. The maximum Gasteiger partial charge on any atom is 0.0414 e. The molecule has 0 spiro atoms. The van der Waals surface area contributed by atoms with E-state index >= 15 is 0 Å². The van der Waals surface area contributed by atoms with Gasteiger partial charge in [-0.15, -0.1) is 11.3 Å². The van der Waals surface area contributed by atoms with Crippen LogP contribution in [0, 0.1) is 5.92 Å². The third kappa shape index (κ3) is 5.13. The van der Waals surface area contributed by atoms with Gasteiger partial charge < -0.3 is 5.32 Å². The molecule has 1 aromatic rings. The van der Waals surface area contributed by atoms with Crippen LogP contribution < -0.4 is 5.32 Å². The Bertz CT molecular complexity index is 254. The molecule has 1 N–H and O–H groups in total. The second kappa shape index (κ2) is 7.86. The van der Waals surface area contributed by atoms with Crippen LogP contribution in [-0.2, 0) is 0 Å². The largest absolute Gasteiger partial charge is 0.309 e. The van der Waals surface area contributed by atoms with Crippen LogP contribution >= 0.6 is 11.3 Å². The normalized spacial score (nSPS) is 13.2. The van der Waals surface area contributed by atoms with Gasteiger partial charge in [0.1, 0.15) is 0 Å². The van der Waals surface area contributed by atoms with Gasteiger partial charge in [0.15, 0.2) is 0 Å². The van der Waals surface area contributed by atoms with Crippen molar-refractivity contribution in [3.63, 3.8) is 0 Å². The van der Waals surface area contributed by atoms with E-state index in [1.807, 2.05) is 11.3 Å². The first kappa shape index (κ1) is 13.7. The molecule has 0 saturated carbocycles. The fourth-order valence-electron chi connectivity index (χ4n) is 1.88. The van der Waals surface area contributed by atoms with Gasteiger partial charge in [-0.2, -0.15) is 0 Å². The quantitative estimate of drug-likeness (QED) is 0.698. The lowest BCUT2D eigenvalue weighted by Gasteiger charge is -2.17. The second-order valence-corrected chi connectivity index (χ2v) is 5.83.